The maximum Gasteiger partial charge on any atom is 0.261 e. The first-order valence-corrected chi connectivity index (χ1v) is 11.6. The summed E-state index contributed by atoms with van der Waals surface area (Å²) < 4.78 is 35.3. The van der Waals surface area contributed by atoms with Gasteiger partial charge in [0.25, 0.3) is 10.0 Å². The van der Waals surface area contributed by atoms with Crippen molar-refractivity contribution in [1.29, 1.82) is 0 Å². The predicted octanol–water partition coefficient (Wildman–Crippen LogP) is 4.28. The summed E-state index contributed by atoms with van der Waals surface area (Å²) >= 11 is 0. The number of rotatable bonds is 7. The monoisotopic (exact) mass is 448 g/mol. The molecule has 0 aliphatic heterocycles. The number of fused-ring (bicyclic) bond motifs is 1. The summed E-state index contributed by atoms with van der Waals surface area (Å²) in [4.78, 5) is 16.5. The standard InChI is InChI=1S/C23H20N4O4S/c28-23(16-9-10-16)25-21-15-27-14-19(11-12-22(27)24-21)31-18-6-4-5-17(13-18)26-32(29,30)20-7-2-1-3-8-20/h1-8,11-16,26H,9-10H2,(H,25,28). The van der Waals surface area contributed by atoms with Gasteiger partial charge in [-0.15, -0.1) is 0 Å². The number of carbonyl (C=O) groups is 1. The van der Waals surface area contributed by atoms with Gasteiger partial charge in [0, 0.05) is 12.0 Å². The fourth-order valence-corrected chi connectivity index (χ4v) is 4.31. The molecule has 4 aromatic rings. The van der Waals surface area contributed by atoms with E-state index in [9.17, 15) is 13.2 Å². The van der Waals surface area contributed by atoms with Crippen molar-refractivity contribution >= 4 is 33.1 Å². The molecule has 0 spiro atoms. The van der Waals surface area contributed by atoms with E-state index in [1.165, 1.54) is 12.1 Å². The van der Waals surface area contributed by atoms with Gasteiger partial charge in [0.05, 0.1) is 23.0 Å². The fraction of sp³-hybridized carbons (Fsp3) is 0.130. The summed E-state index contributed by atoms with van der Waals surface area (Å²) in [5.74, 6) is 1.61. The van der Waals surface area contributed by atoms with Crippen LogP contribution in [-0.2, 0) is 14.8 Å². The van der Waals surface area contributed by atoms with Gasteiger partial charge in [-0.25, -0.2) is 13.4 Å². The van der Waals surface area contributed by atoms with Crippen LogP contribution in [-0.4, -0.2) is 23.7 Å². The van der Waals surface area contributed by atoms with Gasteiger partial charge in [0.1, 0.15) is 17.1 Å². The molecule has 1 fully saturated rings. The van der Waals surface area contributed by atoms with E-state index < -0.39 is 10.0 Å². The van der Waals surface area contributed by atoms with Gasteiger partial charge in [-0.3, -0.25) is 9.52 Å². The van der Waals surface area contributed by atoms with Crippen LogP contribution < -0.4 is 14.8 Å². The number of ether oxygens (including phenoxy) is 1. The number of nitrogens with one attached hydrogen (secondary N) is 2. The summed E-state index contributed by atoms with van der Waals surface area (Å²) in [6.07, 6.45) is 5.33. The number of hydrogen-bond donors (Lipinski definition) is 2. The first-order chi connectivity index (χ1) is 15.5. The minimum absolute atomic E-state index is 0.000324. The number of nitrogens with zero attached hydrogens (tertiary/aromatic N) is 2. The number of amides is 1. The average Bonchev–Trinajstić information content (AvgIpc) is 3.55. The van der Waals surface area contributed by atoms with Gasteiger partial charge >= 0.3 is 0 Å². The highest BCUT2D eigenvalue weighted by Gasteiger charge is 2.30. The molecule has 2 heterocycles. The van der Waals surface area contributed by atoms with Crippen molar-refractivity contribution < 1.29 is 17.9 Å². The number of benzene rings is 2. The predicted molar refractivity (Wildman–Crippen MR) is 120 cm³/mol. The van der Waals surface area contributed by atoms with Gasteiger partial charge < -0.3 is 14.5 Å². The molecule has 162 valence electrons. The Kier molecular flexibility index (Phi) is 5.02. The van der Waals surface area contributed by atoms with Crippen molar-refractivity contribution in [2.24, 2.45) is 5.92 Å². The molecule has 0 saturated heterocycles. The number of hydrogen-bond acceptors (Lipinski definition) is 5. The van der Waals surface area contributed by atoms with E-state index in [0.717, 1.165) is 12.8 Å². The molecule has 2 aromatic carbocycles. The van der Waals surface area contributed by atoms with Crippen LogP contribution in [0.3, 0.4) is 0 Å². The third-order valence-corrected chi connectivity index (χ3v) is 6.40. The Labute approximate surface area is 184 Å². The van der Waals surface area contributed by atoms with Crippen molar-refractivity contribution in [1.82, 2.24) is 9.38 Å². The zero-order chi connectivity index (χ0) is 22.1. The highest BCUT2D eigenvalue weighted by atomic mass is 32.2. The molecule has 9 heteroatoms. The Bertz CT molecular complexity index is 1400. The topological polar surface area (TPSA) is 102 Å². The molecule has 1 saturated carbocycles. The first-order valence-electron chi connectivity index (χ1n) is 10.1. The molecular formula is C23H20N4O4S. The normalized spacial score (nSPS) is 13.6. The van der Waals surface area contributed by atoms with Crippen molar-refractivity contribution in [2.75, 3.05) is 10.0 Å². The summed E-state index contributed by atoms with van der Waals surface area (Å²) in [7, 11) is -3.69. The van der Waals surface area contributed by atoms with E-state index >= 15 is 0 Å². The molecule has 2 N–H and O–H groups in total. The van der Waals surface area contributed by atoms with Crippen molar-refractivity contribution in [3.63, 3.8) is 0 Å². The SMILES string of the molecule is O=C(Nc1cn2cc(Oc3cccc(NS(=O)(=O)c4ccccc4)c3)ccc2n1)C1CC1. The maximum absolute atomic E-state index is 12.6. The van der Waals surface area contributed by atoms with E-state index in [4.69, 9.17) is 4.74 Å². The quantitative estimate of drug-likeness (QED) is 0.439. The molecule has 0 atom stereocenters. The molecule has 1 aliphatic carbocycles. The van der Waals surface area contributed by atoms with E-state index in [1.807, 2.05) is 0 Å². The second kappa shape index (κ2) is 8.01. The molecule has 1 amide bonds. The maximum atomic E-state index is 12.6. The largest absolute Gasteiger partial charge is 0.456 e. The minimum Gasteiger partial charge on any atom is -0.456 e. The van der Waals surface area contributed by atoms with Crippen LogP contribution in [0.1, 0.15) is 12.8 Å². The third kappa shape index (κ3) is 4.42. The van der Waals surface area contributed by atoms with Crippen molar-refractivity contribution in [2.45, 2.75) is 17.7 Å². The van der Waals surface area contributed by atoms with Crippen LogP contribution in [0.15, 0.2) is 84.0 Å². The van der Waals surface area contributed by atoms with Crippen molar-refractivity contribution in [3.05, 3.63) is 79.1 Å². The lowest BCUT2D eigenvalue weighted by Crippen LogP contribution is -2.13. The zero-order valence-electron chi connectivity index (χ0n) is 16.9. The highest BCUT2D eigenvalue weighted by molar-refractivity contribution is 7.92. The van der Waals surface area contributed by atoms with E-state index in [0.29, 0.717) is 28.7 Å². The minimum atomic E-state index is -3.69. The Morgan fingerprint density at radius 1 is 0.969 bits per heavy atom. The lowest BCUT2D eigenvalue weighted by Gasteiger charge is -2.10. The van der Waals surface area contributed by atoms with Crippen LogP contribution in [0.2, 0.25) is 0 Å². The fourth-order valence-electron chi connectivity index (χ4n) is 3.24. The van der Waals surface area contributed by atoms with Gasteiger partial charge in [-0.1, -0.05) is 24.3 Å². The van der Waals surface area contributed by atoms with E-state index in [2.05, 4.69) is 15.0 Å². The van der Waals surface area contributed by atoms with Crippen LogP contribution >= 0.6 is 0 Å². The zero-order valence-corrected chi connectivity index (χ0v) is 17.7. The van der Waals surface area contributed by atoms with Gasteiger partial charge in [-0.2, -0.15) is 0 Å². The van der Waals surface area contributed by atoms with E-state index in [1.54, 1.807) is 71.4 Å². The van der Waals surface area contributed by atoms with Crippen LogP contribution in [0.25, 0.3) is 5.65 Å². The Morgan fingerprint density at radius 3 is 2.56 bits per heavy atom. The number of anilines is 2. The van der Waals surface area contributed by atoms with E-state index in [-0.39, 0.29) is 16.7 Å². The van der Waals surface area contributed by atoms with Gasteiger partial charge in [0.2, 0.25) is 5.91 Å². The number of pyridine rings is 1. The highest BCUT2D eigenvalue weighted by Crippen LogP contribution is 2.30. The summed E-state index contributed by atoms with van der Waals surface area (Å²) in [5, 5.41) is 2.83. The Hall–Kier alpha value is -3.85. The van der Waals surface area contributed by atoms with Crippen LogP contribution in [0.4, 0.5) is 11.5 Å². The third-order valence-electron chi connectivity index (χ3n) is 5.00. The molecule has 1 aliphatic rings. The second-order valence-electron chi connectivity index (χ2n) is 7.57. The van der Waals surface area contributed by atoms with Crippen LogP contribution in [0, 0.1) is 5.92 Å². The lowest BCUT2D eigenvalue weighted by atomic mass is 10.3. The molecular weight excluding hydrogens is 428 g/mol. The van der Waals surface area contributed by atoms with Crippen molar-refractivity contribution in [3.8, 4) is 11.5 Å². The molecule has 5 rings (SSSR count). The second-order valence-corrected chi connectivity index (χ2v) is 9.25. The first kappa shape index (κ1) is 20.1. The van der Waals surface area contributed by atoms with Gasteiger partial charge in [-0.05, 0) is 49.2 Å². The molecule has 0 radical (unpaired) electrons. The molecule has 8 nitrogen and oxygen atoms in total. The number of imidazole rings is 1. The Morgan fingerprint density at radius 2 is 1.78 bits per heavy atom. The Balaban J connectivity index is 1.32. The summed E-state index contributed by atoms with van der Waals surface area (Å²) in [6, 6.07) is 18.4. The number of carbonyl (C=O) groups excluding carboxylic acids is 1. The average molecular weight is 449 g/mol. The summed E-state index contributed by atoms with van der Waals surface area (Å²) in [5.41, 5.74) is 1.06. The summed E-state index contributed by atoms with van der Waals surface area (Å²) in [6.45, 7) is 0. The number of aromatic nitrogens is 2. The lowest BCUT2D eigenvalue weighted by molar-refractivity contribution is -0.117. The molecule has 0 bridgehead atoms. The number of sulfonamides is 1. The van der Waals surface area contributed by atoms with Gasteiger partial charge in [0.15, 0.2) is 5.82 Å². The molecule has 2 aromatic heterocycles. The van der Waals surface area contributed by atoms with Crippen LogP contribution in [0.5, 0.6) is 11.5 Å². The molecule has 0 unspecified atom stereocenters. The molecule has 32 heavy (non-hydrogen) atoms. The smallest absolute Gasteiger partial charge is 0.261 e.